The summed E-state index contributed by atoms with van der Waals surface area (Å²) in [5, 5.41) is 9.75. The van der Waals surface area contributed by atoms with Gasteiger partial charge in [-0.3, -0.25) is 14.9 Å². The topological polar surface area (TPSA) is 60.2 Å². The molecule has 86 valence electrons. The van der Waals surface area contributed by atoms with Crippen LogP contribution in [0, 0.1) is 10.1 Å². The number of non-ortho nitro benzene ring substituents is 1. The van der Waals surface area contributed by atoms with E-state index < -0.39 is 10.3 Å². The third-order valence-corrected chi connectivity index (χ3v) is 2.85. The van der Waals surface area contributed by atoms with E-state index >= 15 is 0 Å². The van der Waals surface area contributed by atoms with Crippen LogP contribution in [0.15, 0.2) is 24.3 Å². The molecule has 6 heteroatoms. The number of alkyl halides is 2. The van der Waals surface area contributed by atoms with Gasteiger partial charge in [-0.2, -0.15) is 0 Å². The number of halogens is 2. The Labute approximate surface area is 102 Å². The first-order valence-corrected chi connectivity index (χ1v) is 5.47. The standard InChI is InChI=1S/C10H9Cl2NO3/c11-6-9(12)10(14)5-7-2-1-3-8(4-7)13(15)16/h1-4,9H,5-6H2. The second kappa shape index (κ2) is 5.82. The van der Waals surface area contributed by atoms with Crippen LogP contribution in [0.4, 0.5) is 5.69 Å². The number of nitrogens with zero attached hydrogens (tertiary/aromatic N) is 1. The van der Waals surface area contributed by atoms with E-state index in [2.05, 4.69) is 0 Å². The van der Waals surface area contributed by atoms with Gasteiger partial charge in [0.1, 0.15) is 5.38 Å². The fourth-order valence-electron chi connectivity index (χ4n) is 1.18. The zero-order chi connectivity index (χ0) is 12.1. The van der Waals surface area contributed by atoms with Crippen molar-refractivity contribution in [2.45, 2.75) is 11.8 Å². The molecule has 0 saturated carbocycles. The number of carbonyl (C=O) groups is 1. The van der Waals surface area contributed by atoms with Gasteiger partial charge in [0.25, 0.3) is 5.69 Å². The first-order chi connectivity index (χ1) is 7.54. The van der Waals surface area contributed by atoms with Gasteiger partial charge in [0, 0.05) is 24.4 Å². The SMILES string of the molecule is O=C(Cc1cccc([N+](=O)[O-])c1)C(Cl)CCl. The Morgan fingerprint density at radius 3 is 2.75 bits per heavy atom. The molecule has 0 amide bonds. The summed E-state index contributed by atoms with van der Waals surface area (Å²) in [5.74, 6) is -0.202. The second-order valence-electron chi connectivity index (χ2n) is 3.19. The predicted octanol–water partition coefficient (Wildman–Crippen LogP) is 2.55. The Morgan fingerprint density at radius 2 is 2.19 bits per heavy atom. The summed E-state index contributed by atoms with van der Waals surface area (Å²) >= 11 is 11.1. The minimum absolute atomic E-state index is 0.0370. The summed E-state index contributed by atoms with van der Waals surface area (Å²) in [6.07, 6.45) is 0.0581. The zero-order valence-corrected chi connectivity index (χ0v) is 9.74. The van der Waals surface area contributed by atoms with Gasteiger partial charge in [-0.05, 0) is 5.56 Å². The summed E-state index contributed by atoms with van der Waals surface area (Å²) in [6, 6.07) is 5.90. The van der Waals surface area contributed by atoms with Crippen LogP contribution in [0.25, 0.3) is 0 Å². The number of nitro benzene ring substituents is 1. The fourth-order valence-corrected chi connectivity index (χ4v) is 1.43. The summed E-state index contributed by atoms with van der Waals surface area (Å²) < 4.78 is 0. The lowest BCUT2D eigenvalue weighted by Crippen LogP contribution is -2.18. The van der Waals surface area contributed by atoms with Crippen LogP contribution >= 0.6 is 23.2 Å². The number of Topliss-reactive ketones (excluding diaryl/α,β-unsaturated/α-hetero) is 1. The largest absolute Gasteiger partial charge is 0.298 e. The Balaban J connectivity index is 2.78. The Bertz CT molecular complexity index is 409. The Hall–Kier alpha value is -1.13. The number of hydrogen-bond acceptors (Lipinski definition) is 3. The van der Waals surface area contributed by atoms with Crippen molar-refractivity contribution in [3.8, 4) is 0 Å². The minimum Gasteiger partial charge on any atom is -0.298 e. The maximum Gasteiger partial charge on any atom is 0.269 e. The third-order valence-electron chi connectivity index (χ3n) is 1.98. The van der Waals surface area contributed by atoms with Crippen molar-refractivity contribution in [2.24, 2.45) is 0 Å². The molecule has 1 aromatic rings. The van der Waals surface area contributed by atoms with Crippen LogP contribution in [0.3, 0.4) is 0 Å². The van der Waals surface area contributed by atoms with E-state index in [4.69, 9.17) is 23.2 Å². The minimum atomic E-state index is -0.749. The molecular weight excluding hydrogens is 253 g/mol. The maximum absolute atomic E-state index is 11.4. The van der Waals surface area contributed by atoms with Crippen molar-refractivity contribution < 1.29 is 9.72 Å². The number of nitro groups is 1. The fraction of sp³-hybridized carbons (Fsp3) is 0.300. The van der Waals surface area contributed by atoms with Crippen molar-refractivity contribution in [3.05, 3.63) is 39.9 Å². The van der Waals surface area contributed by atoms with Crippen LogP contribution in [-0.2, 0) is 11.2 Å². The summed E-state index contributed by atoms with van der Waals surface area (Å²) in [7, 11) is 0. The highest BCUT2D eigenvalue weighted by Gasteiger charge is 2.15. The van der Waals surface area contributed by atoms with Crippen LogP contribution in [0.2, 0.25) is 0 Å². The molecule has 4 nitrogen and oxygen atoms in total. The molecule has 1 atom stereocenters. The molecule has 0 aliphatic rings. The van der Waals surface area contributed by atoms with Crippen LogP contribution in [0.5, 0.6) is 0 Å². The van der Waals surface area contributed by atoms with Gasteiger partial charge in [0.15, 0.2) is 5.78 Å². The average molecular weight is 262 g/mol. The zero-order valence-electron chi connectivity index (χ0n) is 8.23. The molecule has 0 bridgehead atoms. The molecule has 0 saturated heterocycles. The lowest BCUT2D eigenvalue weighted by atomic mass is 10.1. The molecule has 1 aromatic carbocycles. The molecule has 16 heavy (non-hydrogen) atoms. The van der Waals surface area contributed by atoms with E-state index in [1.807, 2.05) is 0 Å². The van der Waals surface area contributed by atoms with Gasteiger partial charge < -0.3 is 0 Å². The smallest absolute Gasteiger partial charge is 0.269 e. The Kier molecular flexibility index (Phi) is 4.71. The van der Waals surface area contributed by atoms with Crippen molar-refractivity contribution >= 4 is 34.7 Å². The van der Waals surface area contributed by atoms with Crippen LogP contribution in [-0.4, -0.2) is 22.0 Å². The number of benzene rings is 1. The highest BCUT2D eigenvalue weighted by atomic mass is 35.5. The lowest BCUT2D eigenvalue weighted by molar-refractivity contribution is -0.384. The lowest BCUT2D eigenvalue weighted by Gasteiger charge is -2.04. The molecule has 0 aromatic heterocycles. The molecule has 0 radical (unpaired) electrons. The normalized spacial score (nSPS) is 12.1. The molecule has 0 spiro atoms. The molecule has 1 rings (SSSR count). The molecule has 0 aliphatic heterocycles. The van der Waals surface area contributed by atoms with E-state index in [1.165, 1.54) is 18.2 Å². The van der Waals surface area contributed by atoms with Crippen molar-refractivity contribution in [3.63, 3.8) is 0 Å². The van der Waals surface area contributed by atoms with E-state index in [0.717, 1.165) is 0 Å². The molecule has 0 fully saturated rings. The molecule has 1 unspecified atom stereocenters. The van der Waals surface area contributed by atoms with Gasteiger partial charge in [0.2, 0.25) is 0 Å². The molecule has 0 aliphatic carbocycles. The van der Waals surface area contributed by atoms with Crippen molar-refractivity contribution in [1.29, 1.82) is 0 Å². The monoisotopic (exact) mass is 261 g/mol. The van der Waals surface area contributed by atoms with E-state index in [9.17, 15) is 14.9 Å². The maximum atomic E-state index is 11.4. The molecule has 0 heterocycles. The summed E-state index contributed by atoms with van der Waals surface area (Å²) in [4.78, 5) is 21.4. The predicted molar refractivity (Wildman–Crippen MR) is 62.2 cm³/mol. The highest BCUT2D eigenvalue weighted by molar-refractivity contribution is 6.36. The van der Waals surface area contributed by atoms with Crippen LogP contribution < -0.4 is 0 Å². The van der Waals surface area contributed by atoms with Gasteiger partial charge in [-0.25, -0.2) is 0 Å². The molecule has 0 N–H and O–H groups in total. The van der Waals surface area contributed by atoms with Crippen molar-refractivity contribution in [2.75, 3.05) is 5.88 Å². The summed E-state index contributed by atoms with van der Waals surface area (Å²) in [5.41, 5.74) is 0.525. The van der Waals surface area contributed by atoms with E-state index in [0.29, 0.717) is 5.56 Å². The van der Waals surface area contributed by atoms with Gasteiger partial charge in [-0.15, -0.1) is 23.2 Å². The number of hydrogen-bond donors (Lipinski definition) is 0. The van der Waals surface area contributed by atoms with Gasteiger partial charge >= 0.3 is 0 Å². The van der Waals surface area contributed by atoms with Gasteiger partial charge in [0.05, 0.1) is 4.92 Å². The highest BCUT2D eigenvalue weighted by Crippen LogP contribution is 2.15. The second-order valence-corrected chi connectivity index (χ2v) is 4.03. The third kappa shape index (κ3) is 3.47. The average Bonchev–Trinajstić information content (AvgIpc) is 2.28. The summed E-state index contributed by atoms with van der Waals surface area (Å²) in [6.45, 7) is 0. The van der Waals surface area contributed by atoms with E-state index in [-0.39, 0.29) is 23.8 Å². The van der Waals surface area contributed by atoms with E-state index in [1.54, 1.807) is 6.07 Å². The van der Waals surface area contributed by atoms with Crippen LogP contribution in [0.1, 0.15) is 5.56 Å². The number of carbonyl (C=O) groups excluding carboxylic acids is 1. The van der Waals surface area contributed by atoms with Crippen molar-refractivity contribution in [1.82, 2.24) is 0 Å². The first-order valence-electron chi connectivity index (χ1n) is 4.50. The van der Waals surface area contributed by atoms with Gasteiger partial charge in [-0.1, -0.05) is 12.1 Å². The Morgan fingerprint density at radius 1 is 1.50 bits per heavy atom. The quantitative estimate of drug-likeness (QED) is 0.465. The number of ketones is 1. The molecular formula is C10H9Cl2NO3. The number of rotatable bonds is 5. The first kappa shape index (κ1) is 12.9.